The van der Waals surface area contributed by atoms with Crippen LogP contribution in [-0.4, -0.2) is 245 Å². The number of esters is 8. The van der Waals surface area contributed by atoms with E-state index in [-0.39, 0.29) is 18.2 Å². The molecule has 8 aromatic rings. The summed E-state index contributed by atoms with van der Waals surface area (Å²) in [5.41, 5.74) is -12.1. The maximum atomic E-state index is 15.4. The molecule has 112 heavy (non-hydrogen) atoms. The number of ether oxygens (including phenoxy) is 12. The molecule has 2 fully saturated rings. The number of phenols is 22. The highest BCUT2D eigenvalue weighted by Gasteiger charge is 2.57. The summed E-state index contributed by atoms with van der Waals surface area (Å²) in [6.45, 7) is -2.91. The summed E-state index contributed by atoms with van der Waals surface area (Å²) >= 11 is 0. The molecular formula is C68H50O44. The van der Waals surface area contributed by atoms with Crippen molar-refractivity contribution in [3.63, 3.8) is 0 Å². The maximum Gasteiger partial charge on any atom is 0.342 e. The van der Waals surface area contributed by atoms with Gasteiger partial charge in [-0.05, 0) is 60.7 Å². The van der Waals surface area contributed by atoms with Crippen LogP contribution in [0.1, 0.15) is 82.9 Å². The van der Waals surface area contributed by atoms with Crippen LogP contribution in [0.4, 0.5) is 0 Å². The SMILES string of the molecule is O=C1O[C@@H]2O[C@@H]3COC(=O)c4cc(O)c(O)c(O)c4-c4c(cc(O)c(O)c4O)C(=O)O[C@H]3[C@H](OC(=O)c3cc(O)c(O)c(O)c3)[C@H]2OC(=O)c2cc(O)c(O)c(O)c2Oc2cc(cc(O)c2O)C(=O)O[C@@H]2O[C@H](CO)[C@@H](O)[C@H](OC(=O)c3cc(O)c(O)c(O)c3)[C@H]2OC(=O)c2cc(O)c(O)c(O)c2Oc2cc1cc(O)c2O. The molecule has 4 heterocycles. The Morgan fingerprint density at radius 2 is 0.688 bits per heavy atom. The molecule has 4 aliphatic heterocycles. The number of aromatic hydroxyl groups is 22. The minimum absolute atomic E-state index is 0.157. The van der Waals surface area contributed by atoms with E-state index in [0.717, 1.165) is 0 Å². The first kappa shape index (κ1) is 76.2. The monoisotopic (exact) mass is 1570 g/mol. The Hall–Kier alpha value is -15.4. The Morgan fingerprint density at radius 3 is 1.11 bits per heavy atom. The van der Waals surface area contributed by atoms with Crippen molar-refractivity contribution in [1.29, 1.82) is 0 Å². The average molecular weight is 1570 g/mol. The number of cyclic esters (lactones) is 1. The van der Waals surface area contributed by atoms with Gasteiger partial charge in [-0.1, -0.05) is 0 Å². The van der Waals surface area contributed by atoms with Crippen molar-refractivity contribution < 1.29 is 218 Å². The van der Waals surface area contributed by atoms with Gasteiger partial charge in [0.15, 0.2) is 122 Å². The van der Waals surface area contributed by atoms with Crippen LogP contribution in [0.3, 0.4) is 0 Å². The van der Waals surface area contributed by atoms with E-state index >= 15 is 14.4 Å². The third-order valence-corrected chi connectivity index (χ3v) is 17.1. The molecule has 24 N–H and O–H groups in total. The largest absolute Gasteiger partial charge is 0.504 e. The Morgan fingerprint density at radius 1 is 0.348 bits per heavy atom. The van der Waals surface area contributed by atoms with Gasteiger partial charge in [0.05, 0.1) is 40.0 Å². The smallest absolute Gasteiger partial charge is 0.342 e. The van der Waals surface area contributed by atoms with E-state index in [1.54, 1.807) is 0 Å². The van der Waals surface area contributed by atoms with E-state index in [4.69, 9.17) is 56.8 Å². The van der Waals surface area contributed by atoms with Crippen LogP contribution in [0.5, 0.6) is 149 Å². The maximum absolute atomic E-state index is 15.4. The van der Waals surface area contributed by atoms with Crippen molar-refractivity contribution in [2.24, 2.45) is 0 Å². The lowest BCUT2D eigenvalue weighted by Crippen LogP contribution is -2.63. The first-order valence-electron chi connectivity index (χ1n) is 31.1. The van der Waals surface area contributed by atoms with Crippen molar-refractivity contribution in [3.05, 3.63) is 117 Å². The zero-order valence-electron chi connectivity index (χ0n) is 55.0. The van der Waals surface area contributed by atoms with Gasteiger partial charge in [-0.15, -0.1) is 0 Å². The van der Waals surface area contributed by atoms with Crippen LogP contribution in [0, 0.1) is 0 Å². The van der Waals surface area contributed by atoms with Gasteiger partial charge in [0.25, 0.3) is 0 Å². The number of carbonyl (C=O) groups is 8. The van der Waals surface area contributed by atoms with E-state index in [0.29, 0.717) is 54.6 Å². The summed E-state index contributed by atoms with van der Waals surface area (Å²) in [5.74, 6) is -53.9. The highest BCUT2D eigenvalue weighted by Crippen LogP contribution is 2.56. The second-order valence-electron chi connectivity index (χ2n) is 24.1. The van der Waals surface area contributed by atoms with E-state index in [9.17, 15) is 147 Å². The Kier molecular flexibility index (Phi) is 19.5. The lowest BCUT2D eigenvalue weighted by molar-refractivity contribution is -0.283. The van der Waals surface area contributed by atoms with Gasteiger partial charge >= 0.3 is 47.8 Å². The number of rotatable bonds is 5. The summed E-state index contributed by atoms with van der Waals surface area (Å²) in [6, 6.07) is 4.03. The predicted octanol–water partition coefficient (Wildman–Crippen LogP) is 2.19. The summed E-state index contributed by atoms with van der Waals surface area (Å²) in [6.07, 6.45) is -27.2. The Balaban J connectivity index is 1.07. The molecule has 44 nitrogen and oxygen atoms in total. The van der Waals surface area contributed by atoms with E-state index in [1.165, 1.54) is 0 Å². The van der Waals surface area contributed by atoms with Crippen molar-refractivity contribution >= 4 is 47.8 Å². The number of carbonyl (C=O) groups excluding carboxylic acids is 8. The second kappa shape index (κ2) is 28.7. The molecule has 0 amide bonds. The van der Waals surface area contributed by atoms with Gasteiger partial charge < -0.3 is 179 Å². The number of fused-ring (bicyclic) bond motifs is 12. The fourth-order valence-electron chi connectivity index (χ4n) is 11.6. The zero-order chi connectivity index (χ0) is 81.6. The zero-order valence-corrected chi connectivity index (χ0v) is 55.0. The van der Waals surface area contributed by atoms with Gasteiger partial charge in [-0.25, -0.2) is 38.4 Å². The van der Waals surface area contributed by atoms with Gasteiger partial charge in [-0.2, -0.15) is 0 Å². The molecule has 12 rings (SSSR count). The third kappa shape index (κ3) is 13.5. The number of hydrogen-bond acceptors (Lipinski definition) is 44. The molecule has 4 bridgehead atoms. The number of hydrogen-bond donors (Lipinski definition) is 24. The van der Waals surface area contributed by atoms with Crippen molar-refractivity contribution in [2.75, 3.05) is 13.2 Å². The van der Waals surface area contributed by atoms with Crippen LogP contribution in [0.15, 0.2) is 72.8 Å². The van der Waals surface area contributed by atoms with Crippen molar-refractivity contribution in [2.45, 2.75) is 61.4 Å². The Labute approximate surface area is 616 Å². The van der Waals surface area contributed by atoms with Crippen LogP contribution >= 0.6 is 0 Å². The molecule has 0 aliphatic carbocycles. The van der Waals surface area contributed by atoms with Crippen LogP contribution in [0.2, 0.25) is 0 Å². The quantitative estimate of drug-likeness (QED) is 0.0667. The van der Waals surface area contributed by atoms with Crippen LogP contribution in [0.25, 0.3) is 11.1 Å². The molecular weight excluding hydrogens is 1520 g/mol. The number of aliphatic hydroxyl groups is 2. The molecule has 4 aliphatic rings. The molecule has 0 saturated carbocycles. The van der Waals surface area contributed by atoms with E-state index in [2.05, 4.69) is 0 Å². The standard InChI is InChI=1S/C68H50O44/c69-13-35-47(88)55(107-59(93)15-1-23(70)39(80)24(71)2-15)57-67(104-35)111-61(95)17-5-27(74)41(82)33(7-17)103-53-22(12-32(79)46(87)51(53)92)66(100)110-58-56(108-60(94)16-3-25(72)40(81)26(73)4-16)54-36(14-101-63(97)19-9-29(76)43(84)48(89)37(19)38-20(64(98)106-54)10-30(77)44(85)49(38)90)105-68(58)112-62(96)18-6-28(75)42(83)34(8-18)102-52-21(65(99)109-57)11-31(78)45(86)50(52)91/h1-12,35-36,47,54-58,67-92H,13-14H2/t35-,36-,47-,54-,55+,56+,57-,58-,67+,68+/m1/s1. The lowest BCUT2D eigenvalue weighted by Gasteiger charge is -2.43. The van der Waals surface area contributed by atoms with E-state index < -0.39 is 328 Å². The lowest BCUT2D eigenvalue weighted by atomic mass is 9.92. The highest BCUT2D eigenvalue weighted by atomic mass is 16.8. The molecule has 8 aromatic carbocycles. The predicted molar refractivity (Wildman–Crippen MR) is 345 cm³/mol. The number of aliphatic hydroxyl groups excluding tert-OH is 2. The summed E-state index contributed by atoms with van der Waals surface area (Å²) in [5, 5.41) is 262. The first-order chi connectivity index (χ1) is 52.8. The average Bonchev–Trinajstić information content (AvgIpc) is 1.23. The Bertz CT molecular complexity index is 5310. The van der Waals surface area contributed by atoms with Crippen molar-refractivity contribution in [1.82, 2.24) is 0 Å². The van der Waals surface area contributed by atoms with Gasteiger partial charge in [0.1, 0.15) is 36.0 Å². The van der Waals surface area contributed by atoms with Crippen LogP contribution < -0.4 is 9.47 Å². The molecule has 0 aromatic heterocycles. The van der Waals surface area contributed by atoms with Crippen molar-refractivity contribution in [3.8, 4) is 161 Å². The third-order valence-electron chi connectivity index (χ3n) is 17.1. The fourth-order valence-corrected chi connectivity index (χ4v) is 11.6. The number of phenolic OH excluding ortho intramolecular Hbond substituents is 22. The topological polar surface area (TPSA) is 733 Å². The molecule has 2 saturated heterocycles. The first-order valence-corrected chi connectivity index (χ1v) is 31.1. The molecule has 586 valence electrons. The molecule has 0 spiro atoms. The minimum atomic E-state index is -3.07. The van der Waals surface area contributed by atoms with Gasteiger partial charge in [0.2, 0.25) is 70.8 Å². The minimum Gasteiger partial charge on any atom is -0.504 e. The van der Waals surface area contributed by atoms with Gasteiger partial charge in [0, 0.05) is 23.3 Å². The molecule has 0 unspecified atom stereocenters. The molecule has 0 radical (unpaired) electrons. The van der Waals surface area contributed by atoms with Gasteiger partial charge in [-0.3, -0.25) is 0 Å². The fraction of sp³-hybridized carbons (Fsp3) is 0.176. The summed E-state index contributed by atoms with van der Waals surface area (Å²) < 4.78 is 67.9. The normalized spacial score (nSPS) is 21.2. The van der Waals surface area contributed by atoms with Crippen LogP contribution in [-0.2, 0) is 47.4 Å². The second-order valence-corrected chi connectivity index (χ2v) is 24.1. The summed E-state index contributed by atoms with van der Waals surface area (Å²) in [7, 11) is 0. The molecule has 44 heteroatoms. The highest BCUT2D eigenvalue weighted by molar-refractivity contribution is 6.09. The summed E-state index contributed by atoms with van der Waals surface area (Å²) in [4.78, 5) is 118. The number of benzene rings is 8. The van der Waals surface area contributed by atoms with E-state index in [1.807, 2.05) is 0 Å². The molecule has 10 atom stereocenters.